The van der Waals surface area contributed by atoms with Gasteiger partial charge in [0.05, 0.1) is 17.2 Å². The molecule has 2 aliphatic heterocycles. The Bertz CT molecular complexity index is 802. The number of nitriles is 2. The number of rotatable bonds is 6. The highest BCUT2D eigenvalue weighted by molar-refractivity contribution is 5.74. The Morgan fingerprint density at radius 2 is 2.00 bits per heavy atom. The normalized spacial score (nSPS) is 22.3. The van der Waals surface area contributed by atoms with Crippen LogP contribution in [0.3, 0.4) is 0 Å². The lowest BCUT2D eigenvalue weighted by atomic mass is 9.84. The molecule has 0 saturated carbocycles. The van der Waals surface area contributed by atoms with E-state index < -0.39 is 6.10 Å². The van der Waals surface area contributed by atoms with Crippen molar-refractivity contribution in [2.24, 2.45) is 11.8 Å². The van der Waals surface area contributed by atoms with Crippen molar-refractivity contribution in [1.82, 2.24) is 15.1 Å². The summed E-state index contributed by atoms with van der Waals surface area (Å²) in [6, 6.07) is 8.69. The summed E-state index contributed by atoms with van der Waals surface area (Å²) in [5.74, 6) is 1.21. The highest BCUT2D eigenvalue weighted by Crippen LogP contribution is 2.28. The molecular weight excluding hydrogens is 370 g/mol. The molecule has 2 N–H and O–H groups in total. The Morgan fingerprint density at radius 3 is 2.62 bits per heavy atom. The van der Waals surface area contributed by atoms with Crippen LogP contribution in [0.25, 0.3) is 0 Å². The third-order valence-electron chi connectivity index (χ3n) is 5.40. The van der Waals surface area contributed by atoms with Gasteiger partial charge in [0.2, 0.25) is 0 Å². The number of aliphatic hydroxyl groups excluding tert-OH is 1. The number of hydrogen-bond donors (Lipinski definition) is 2. The molecule has 154 valence electrons. The van der Waals surface area contributed by atoms with Crippen molar-refractivity contribution < 1.29 is 14.6 Å². The van der Waals surface area contributed by atoms with Gasteiger partial charge in [-0.05, 0) is 43.4 Å². The molecule has 2 fully saturated rings. The van der Waals surface area contributed by atoms with E-state index in [1.807, 2.05) is 24.0 Å². The fourth-order valence-electron chi connectivity index (χ4n) is 4.32. The van der Waals surface area contributed by atoms with Gasteiger partial charge in [-0.1, -0.05) is 0 Å². The third-order valence-corrected chi connectivity index (χ3v) is 5.40. The third kappa shape index (κ3) is 5.38. The molecule has 1 aromatic rings. The van der Waals surface area contributed by atoms with Crippen LogP contribution in [0, 0.1) is 34.5 Å². The van der Waals surface area contributed by atoms with Crippen LogP contribution in [0.5, 0.6) is 5.75 Å². The number of benzene rings is 1. The van der Waals surface area contributed by atoms with E-state index in [4.69, 9.17) is 10.00 Å². The van der Waals surface area contributed by atoms with Gasteiger partial charge in [-0.2, -0.15) is 10.5 Å². The van der Waals surface area contributed by atoms with Crippen molar-refractivity contribution in [3.63, 3.8) is 0 Å². The average Bonchev–Trinajstić information content (AvgIpc) is 2.71. The van der Waals surface area contributed by atoms with Gasteiger partial charge >= 0.3 is 6.03 Å². The summed E-state index contributed by atoms with van der Waals surface area (Å²) in [5.41, 5.74) is 0.685. The number of likely N-dealkylation sites (tertiary alicyclic amines) is 2. The fraction of sp³-hybridized carbons (Fsp3) is 0.571. The maximum atomic E-state index is 12.1. The molecule has 2 saturated heterocycles. The summed E-state index contributed by atoms with van der Waals surface area (Å²) >= 11 is 0. The molecule has 0 spiro atoms. The first-order valence-corrected chi connectivity index (χ1v) is 10.0. The number of fused-ring (bicyclic) bond motifs is 2. The first-order chi connectivity index (χ1) is 14.0. The van der Waals surface area contributed by atoms with Crippen LogP contribution < -0.4 is 10.1 Å². The number of β-amino-alcohol motifs (C(OH)–C–C–N with tert-alkyl or cyclic N) is 1. The van der Waals surface area contributed by atoms with Crippen LogP contribution in [0.4, 0.5) is 4.79 Å². The molecule has 2 aliphatic rings. The molecule has 29 heavy (non-hydrogen) atoms. The maximum absolute atomic E-state index is 12.1. The Labute approximate surface area is 171 Å². The highest BCUT2D eigenvalue weighted by atomic mass is 16.5. The van der Waals surface area contributed by atoms with Crippen molar-refractivity contribution in [2.75, 3.05) is 45.9 Å². The monoisotopic (exact) mass is 397 g/mol. The van der Waals surface area contributed by atoms with Crippen LogP contribution in [0.15, 0.2) is 18.2 Å². The Hall–Kier alpha value is -2.81. The minimum Gasteiger partial charge on any atom is -0.489 e. The quantitative estimate of drug-likeness (QED) is 0.745. The zero-order chi connectivity index (χ0) is 20.8. The molecule has 3 unspecified atom stereocenters. The number of aliphatic hydroxyl groups is 1. The van der Waals surface area contributed by atoms with Gasteiger partial charge in [-0.15, -0.1) is 0 Å². The molecule has 2 amide bonds. The predicted octanol–water partition coefficient (Wildman–Crippen LogP) is 1.15. The number of piperidine rings is 2. The number of carbonyl (C=O) groups is 1. The Kier molecular flexibility index (Phi) is 6.92. The summed E-state index contributed by atoms with van der Waals surface area (Å²) in [4.78, 5) is 16.3. The van der Waals surface area contributed by atoms with Crippen LogP contribution >= 0.6 is 0 Å². The van der Waals surface area contributed by atoms with E-state index in [1.54, 1.807) is 12.1 Å². The number of ether oxygens (including phenoxy) is 1. The Morgan fingerprint density at radius 1 is 1.28 bits per heavy atom. The standard InChI is InChI=1S/C21H27N5O3/c1-2-24-21(28)26-11-16-5-17(12-26)10-25(9-16)13-19(27)14-29-20-4-3-15(7-22)6-18(20)8-23/h3-4,6,16-17,19,27H,2,5,9-14H2,1H3,(H,24,28). The summed E-state index contributed by atoms with van der Waals surface area (Å²) in [6.07, 6.45) is 0.436. The second-order valence-corrected chi connectivity index (χ2v) is 7.83. The largest absolute Gasteiger partial charge is 0.489 e. The van der Waals surface area contributed by atoms with Crippen LogP contribution in [0.1, 0.15) is 24.5 Å². The van der Waals surface area contributed by atoms with E-state index in [0.29, 0.717) is 36.2 Å². The first kappa shape index (κ1) is 20.9. The van der Waals surface area contributed by atoms with Crippen molar-refractivity contribution in [1.29, 1.82) is 10.5 Å². The lowest BCUT2D eigenvalue weighted by Crippen LogP contribution is -2.56. The molecule has 2 heterocycles. The molecular formula is C21H27N5O3. The molecule has 3 rings (SSSR count). The molecule has 8 heteroatoms. The van der Waals surface area contributed by atoms with Gasteiger partial charge in [0.1, 0.15) is 24.5 Å². The minimum atomic E-state index is -0.685. The zero-order valence-electron chi connectivity index (χ0n) is 16.7. The lowest BCUT2D eigenvalue weighted by Gasteiger charge is -2.46. The van der Waals surface area contributed by atoms with Crippen molar-refractivity contribution >= 4 is 6.03 Å². The van der Waals surface area contributed by atoms with Crippen molar-refractivity contribution in [3.05, 3.63) is 29.3 Å². The summed E-state index contributed by atoms with van der Waals surface area (Å²) in [7, 11) is 0. The minimum absolute atomic E-state index is 0.0137. The van der Waals surface area contributed by atoms with E-state index in [9.17, 15) is 15.2 Å². The topological polar surface area (TPSA) is 113 Å². The number of urea groups is 1. The number of hydrogen-bond acceptors (Lipinski definition) is 6. The summed E-state index contributed by atoms with van der Waals surface area (Å²) < 4.78 is 5.63. The number of carbonyl (C=O) groups excluding carboxylic acids is 1. The average molecular weight is 397 g/mol. The second kappa shape index (κ2) is 9.60. The van der Waals surface area contributed by atoms with Crippen LogP contribution in [0.2, 0.25) is 0 Å². The second-order valence-electron chi connectivity index (χ2n) is 7.83. The summed E-state index contributed by atoms with van der Waals surface area (Å²) in [6.45, 7) is 6.34. The van der Waals surface area contributed by atoms with Crippen molar-refractivity contribution in [3.8, 4) is 17.9 Å². The zero-order valence-corrected chi connectivity index (χ0v) is 16.7. The van der Waals surface area contributed by atoms with Crippen molar-refractivity contribution in [2.45, 2.75) is 19.4 Å². The van der Waals surface area contributed by atoms with Gasteiger partial charge in [0.25, 0.3) is 0 Å². The van der Waals surface area contributed by atoms with E-state index in [1.165, 1.54) is 6.07 Å². The predicted molar refractivity (Wildman–Crippen MR) is 106 cm³/mol. The fourth-order valence-corrected chi connectivity index (χ4v) is 4.32. The lowest BCUT2D eigenvalue weighted by molar-refractivity contribution is 0.00922. The van der Waals surface area contributed by atoms with Gasteiger partial charge in [0, 0.05) is 39.3 Å². The molecule has 0 aromatic heterocycles. The van der Waals surface area contributed by atoms with Gasteiger partial charge in [-0.25, -0.2) is 4.79 Å². The van der Waals surface area contributed by atoms with E-state index in [0.717, 1.165) is 32.6 Å². The van der Waals surface area contributed by atoms with Crippen LogP contribution in [-0.2, 0) is 0 Å². The molecule has 2 bridgehead atoms. The molecule has 1 aromatic carbocycles. The van der Waals surface area contributed by atoms with E-state index >= 15 is 0 Å². The molecule has 0 aliphatic carbocycles. The number of nitrogens with zero attached hydrogens (tertiary/aromatic N) is 4. The number of nitrogens with one attached hydrogen (secondary N) is 1. The van der Waals surface area contributed by atoms with Crippen LogP contribution in [-0.4, -0.2) is 72.9 Å². The van der Waals surface area contributed by atoms with Gasteiger partial charge in [-0.3, -0.25) is 4.90 Å². The number of amides is 2. The SMILES string of the molecule is CCNC(=O)N1CC2CC(CN(CC(O)COc3ccc(C#N)cc3C#N)C2)C1. The van der Waals surface area contributed by atoms with Gasteiger partial charge in [0.15, 0.2) is 0 Å². The van der Waals surface area contributed by atoms with Gasteiger partial charge < -0.3 is 20.1 Å². The molecule has 3 atom stereocenters. The van der Waals surface area contributed by atoms with E-state index in [2.05, 4.69) is 10.2 Å². The highest BCUT2D eigenvalue weighted by Gasteiger charge is 2.36. The smallest absolute Gasteiger partial charge is 0.317 e. The van der Waals surface area contributed by atoms with E-state index in [-0.39, 0.29) is 18.2 Å². The maximum Gasteiger partial charge on any atom is 0.317 e. The Balaban J connectivity index is 1.49. The molecule has 8 nitrogen and oxygen atoms in total. The molecule has 0 radical (unpaired) electrons. The first-order valence-electron chi connectivity index (χ1n) is 10.0. The summed E-state index contributed by atoms with van der Waals surface area (Å²) in [5, 5.41) is 31.4.